The van der Waals surface area contributed by atoms with Crippen molar-refractivity contribution in [2.24, 2.45) is 0 Å². The molecule has 0 aromatic heterocycles. The molecule has 1 unspecified atom stereocenters. The summed E-state index contributed by atoms with van der Waals surface area (Å²) in [6.45, 7) is 0. The summed E-state index contributed by atoms with van der Waals surface area (Å²) in [6.07, 6.45) is -3.30. The van der Waals surface area contributed by atoms with E-state index in [0.29, 0.717) is 0 Å². The number of ether oxygens (including phenoxy) is 2. The van der Waals surface area contributed by atoms with E-state index in [1.54, 1.807) is 0 Å². The lowest BCUT2D eigenvalue weighted by atomic mass is 10.2. The average molecular weight is 424 g/mol. The van der Waals surface area contributed by atoms with Crippen molar-refractivity contribution in [1.29, 1.82) is 0 Å². The van der Waals surface area contributed by atoms with Crippen LogP contribution in [0.15, 0.2) is 0 Å². The van der Waals surface area contributed by atoms with Gasteiger partial charge >= 0.3 is 5.97 Å². The Labute approximate surface area is 146 Å². The molecule has 2 aromatic rings. The Morgan fingerprint density at radius 3 is 1.21 bits per heavy atom. The van der Waals surface area contributed by atoms with Gasteiger partial charge in [-0.15, -0.1) is 0 Å². The van der Waals surface area contributed by atoms with Crippen molar-refractivity contribution in [3.8, 4) is 11.5 Å². The molecule has 28 heavy (non-hydrogen) atoms. The van der Waals surface area contributed by atoms with Gasteiger partial charge in [-0.1, -0.05) is 0 Å². The number of hydrogen-bond donors (Lipinski definition) is 1. The minimum Gasteiger partial charge on any atom is -0.447 e. The van der Waals surface area contributed by atoms with E-state index in [2.05, 4.69) is 9.47 Å². The van der Waals surface area contributed by atoms with E-state index in [0.717, 1.165) is 0 Å². The summed E-state index contributed by atoms with van der Waals surface area (Å²) in [6, 6.07) is 0. The van der Waals surface area contributed by atoms with Crippen molar-refractivity contribution < 1.29 is 63.3 Å². The van der Waals surface area contributed by atoms with Crippen LogP contribution in [0.2, 0.25) is 0 Å². The predicted molar refractivity (Wildman–Crippen MR) is 64.7 cm³/mol. The predicted octanol–water partition coefficient (Wildman–Crippen LogP) is 3.38. The van der Waals surface area contributed by atoms with E-state index in [9.17, 15) is 53.8 Å². The highest BCUT2D eigenvalue weighted by Gasteiger charge is 2.33. The van der Waals surface area contributed by atoms with Gasteiger partial charge in [0.2, 0.25) is 69.7 Å². The number of rotatable bonds is 4. The molecular formula is C14H2F10O4. The second-order valence-electron chi connectivity index (χ2n) is 4.69. The lowest BCUT2D eigenvalue weighted by Gasteiger charge is -2.15. The van der Waals surface area contributed by atoms with Crippen molar-refractivity contribution in [2.75, 3.05) is 0 Å². The number of hydrogen-bond acceptors (Lipinski definition) is 4. The fourth-order valence-corrected chi connectivity index (χ4v) is 1.67. The zero-order chi connectivity index (χ0) is 21.5. The highest BCUT2D eigenvalue weighted by molar-refractivity contribution is 5.76. The van der Waals surface area contributed by atoms with E-state index in [4.69, 9.17) is 0 Å². The third-order valence-corrected chi connectivity index (χ3v) is 2.97. The van der Waals surface area contributed by atoms with Crippen LogP contribution in [0, 0.1) is 58.2 Å². The van der Waals surface area contributed by atoms with Crippen molar-refractivity contribution in [3.63, 3.8) is 0 Å². The van der Waals surface area contributed by atoms with Crippen LogP contribution in [-0.4, -0.2) is 17.4 Å². The van der Waals surface area contributed by atoms with Gasteiger partial charge in [0, 0.05) is 0 Å². The van der Waals surface area contributed by atoms with Crippen LogP contribution < -0.4 is 9.47 Å². The Kier molecular flexibility index (Phi) is 5.72. The summed E-state index contributed by atoms with van der Waals surface area (Å²) in [4.78, 5) is 11.4. The Bertz CT molecular complexity index is 920. The molecule has 2 aromatic carbocycles. The van der Waals surface area contributed by atoms with Crippen molar-refractivity contribution >= 4 is 5.97 Å². The fourth-order valence-electron chi connectivity index (χ4n) is 1.67. The lowest BCUT2D eigenvalue weighted by molar-refractivity contribution is -0.160. The molecule has 0 aliphatic rings. The third-order valence-electron chi connectivity index (χ3n) is 2.97. The van der Waals surface area contributed by atoms with E-state index < -0.39 is 81.9 Å². The Morgan fingerprint density at radius 1 is 0.571 bits per heavy atom. The van der Waals surface area contributed by atoms with E-state index >= 15 is 0 Å². The Balaban J connectivity index is 2.34. The van der Waals surface area contributed by atoms with Gasteiger partial charge in [0.1, 0.15) is 0 Å². The van der Waals surface area contributed by atoms with E-state index in [-0.39, 0.29) is 0 Å². The number of aliphatic hydroxyl groups excluding tert-OH is 1. The van der Waals surface area contributed by atoms with Crippen molar-refractivity contribution in [2.45, 2.75) is 6.29 Å². The molecule has 0 amide bonds. The van der Waals surface area contributed by atoms with Gasteiger partial charge in [-0.3, -0.25) is 0 Å². The monoisotopic (exact) mass is 424 g/mol. The standard InChI is InChI=1S/C14H2F10O4/c15-1-3(17)7(21)11(8(22)4(1)18)27-13(25)14(26)28-12-9(23)5(19)2(16)6(20)10(12)24/h13,25H. The highest BCUT2D eigenvalue weighted by atomic mass is 19.2. The number of aliphatic hydroxyl groups is 1. The molecule has 0 fully saturated rings. The summed E-state index contributed by atoms with van der Waals surface area (Å²) < 4.78 is 138. The summed E-state index contributed by atoms with van der Waals surface area (Å²) in [5.41, 5.74) is 0. The van der Waals surface area contributed by atoms with Crippen LogP contribution in [0.4, 0.5) is 43.9 Å². The van der Waals surface area contributed by atoms with Gasteiger partial charge < -0.3 is 14.6 Å². The zero-order valence-corrected chi connectivity index (χ0v) is 12.5. The summed E-state index contributed by atoms with van der Waals surface area (Å²) in [7, 11) is 0. The molecule has 0 radical (unpaired) electrons. The van der Waals surface area contributed by atoms with E-state index in [1.165, 1.54) is 0 Å². The molecule has 0 aliphatic carbocycles. The number of benzene rings is 2. The first-order chi connectivity index (χ1) is 12.9. The van der Waals surface area contributed by atoms with Crippen molar-refractivity contribution in [3.05, 3.63) is 58.2 Å². The van der Waals surface area contributed by atoms with Crippen LogP contribution >= 0.6 is 0 Å². The maximum Gasteiger partial charge on any atom is 0.381 e. The van der Waals surface area contributed by atoms with Gasteiger partial charge in [-0.2, -0.15) is 17.6 Å². The molecule has 152 valence electrons. The molecule has 0 spiro atoms. The van der Waals surface area contributed by atoms with Crippen LogP contribution in [0.1, 0.15) is 0 Å². The molecule has 2 rings (SSSR count). The maximum atomic E-state index is 13.4. The first-order valence-electron chi connectivity index (χ1n) is 6.49. The summed E-state index contributed by atoms with van der Waals surface area (Å²) in [5, 5.41) is 9.23. The fraction of sp³-hybridized carbons (Fsp3) is 0.0714. The normalized spacial score (nSPS) is 12.1. The maximum absolute atomic E-state index is 13.4. The molecule has 1 atom stereocenters. The lowest BCUT2D eigenvalue weighted by Crippen LogP contribution is -2.32. The smallest absolute Gasteiger partial charge is 0.381 e. The van der Waals surface area contributed by atoms with Crippen LogP contribution in [-0.2, 0) is 4.79 Å². The second-order valence-corrected chi connectivity index (χ2v) is 4.69. The van der Waals surface area contributed by atoms with Gasteiger partial charge in [-0.25, -0.2) is 31.1 Å². The zero-order valence-electron chi connectivity index (χ0n) is 12.5. The highest BCUT2D eigenvalue weighted by Crippen LogP contribution is 2.31. The second kappa shape index (κ2) is 7.53. The summed E-state index contributed by atoms with van der Waals surface area (Å²) in [5.74, 6) is -32.8. The van der Waals surface area contributed by atoms with Crippen LogP contribution in [0.5, 0.6) is 11.5 Å². The minimum absolute atomic E-state index is 2.18. The van der Waals surface area contributed by atoms with Crippen LogP contribution in [0.25, 0.3) is 0 Å². The molecule has 0 heterocycles. The van der Waals surface area contributed by atoms with Crippen molar-refractivity contribution in [1.82, 2.24) is 0 Å². The molecule has 0 aliphatic heterocycles. The first-order valence-corrected chi connectivity index (χ1v) is 6.49. The largest absolute Gasteiger partial charge is 0.447 e. The SMILES string of the molecule is O=C(Oc1c(F)c(F)c(F)c(F)c1F)C(O)Oc1c(F)c(F)c(F)c(F)c1F. The number of carbonyl (C=O) groups is 1. The molecular weight excluding hydrogens is 422 g/mol. The molecule has 0 bridgehead atoms. The van der Waals surface area contributed by atoms with Gasteiger partial charge in [-0.05, 0) is 0 Å². The topological polar surface area (TPSA) is 55.8 Å². The number of esters is 1. The average Bonchev–Trinajstić information content (AvgIpc) is 2.67. The Morgan fingerprint density at radius 2 is 0.857 bits per heavy atom. The molecule has 0 saturated carbocycles. The van der Waals surface area contributed by atoms with Gasteiger partial charge in [0.15, 0.2) is 0 Å². The van der Waals surface area contributed by atoms with Crippen LogP contribution in [0.3, 0.4) is 0 Å². The summed E-state index contributed by atoms with van der Waals surface area (Å²) >= 11 is 0. The molecule has 1 N–H and O–H groups in total. The third kappa shape index (κ3) is 3.42. The van der Waals surface area contributed by atoms with Gasteiger partial charge in [0.05, 0.1) is 0 Å². The van der Waals surface area contributed by atoms with Gasteiger partial charge in [0.25, 0.3) is 6.29 Å². The minimum atomic E-state index is -3.30. The molecule has 4 nitrogen and oxygen atoms in total. The molecule has 0 saturated heterocycles. The van der Waals surface area contributed by atoms with E-state index in [1.807, 2.05) is 0 Å². The molecule has 14 heteroatoms. The number of halogens is 10. The first kappa shape index (κ1) is 21.3. The number of carbonyl (C=O) groups excluding carboxylic acids is 1. The quantitative estimate of drug-likeness (QED) is 0.204. The Hall–Kier alpha value is -3.03.